The van der Waals surface area contributed by atoms with Gasteiger partial charge in [0, 0.05) is 46.6 Å². The van der Waals surface area contributed by atoms with Gasteiger partial charge in [-0.25, -0.2) is 0 Å². The largest absolute Gasteiger partial charge is 0.389 e. The number of fused-ring (bicyclic) bond motifs is 4. The van der Waals surface area contributed by atoms with Crippen molar-refractivity contribution in [1.29, 1.82) is 0 Å². The average molecular weight is 618 g/mol. The summed E-state index contributed by atoms with van der Waals surface area (Å²) in [6, 6.07) is 27.6. The fraction of sp³-hybridized carbons (Fsp3) is 0.120. The van der Waals surface area contributed by atoms with E-state index < -0.39 is 6.10 Å². The third-order valence-electron chi connectivity index (χ3n) is 5.50. The van der Waals surface area contributed by atoms with Crippen molar-refractivity contribution in [3.8, 4) is 0 Å². The smallest absolute Gasteiger partial charge is 0.0891 e. The van der Waals surface area contributed by atoms with Crippen LogP contribution in [0.3, 0.4) is 0 Å². The Bertz CT molecular complexity index is 1310. The number of hydrogen-bond acceptors (Lipinski definition) is 2. The van der Waals surface area contributed by atoms with Crippen LogP contribution >= 0.6 is 45.2 Å². The molecule has 5 aromatic rings. The number of aliphatic hydroxyl groups excluding tert-OH is 1. The Morgan fingerprint density at radius 3 is 2.10 bits per heavy atom. The van der Waals surface area contributed by atoms with Gasteiger partial charge in [-0.2, -0.15) is 0 Å². The van der Waals surface area contributed by atoms with Crippen molar-refractivity contribution in [3.63, 3.8) is 0 Å². The monoisotopic (exact) mass is 618 g/mol. The van der Waals surface area contributed by atoms with E-state index in [0.717, 1.165) is 16.7 Å². The fourth-order valence-electron chi connectivity index (χ4n) is 4.13. The van der Waals surface area contributed by atoms with Crippen LogP contribution in [0, 0.1) is 7.14 Å². The highest BCUT2D eigenvalue weighted by atomic mass is 127. The van der Waals surface area contributed by atoms with Gasteiger partial charge in [-0.05, 0) is 93.0 Å². The van der Waals surface area contributed by atoms with Gasteiger partial charge < -0.3 is 15.0 Å². The highest BCUT2D eigenvalue weighted by Crippen LogP contribution is 2.32. The molecule has 0 aliphatic heterocycles. The molecule has 0 saturated carbocycles. The van der Waals surface area contributed by atoms with Crippen LogP contribution in [0.15, 0.2) is 78.9 Å². The van der Waals surface area contributed by atoms with Gasteiger partial charge in [-0.3, -0.25) is 0 Å². The van der Waals surface area contributed by atoms with Crippen molar-refractivity contribution in [2.75, 3.05) is 11.9 Å². The molecule has 2 N–H and O–H groups in total. The number of halogens is 2. The summed E-state index contributed by atoms with van der Waals surface area (Å²) in [5.74, 6) is 0. The predicted octanol–water partition coefficient (Wildman–Crippen LogP) is 6.63. The number of aromatic nitrogens is 1. The van der Waals surface area contributed by atoms with Crippen LogP contribution in [0.5, 0.6) is 0 Å². The van der Waals surface area contributed by atoms with Gasteiger partial charge in [0.1, 0.15) is 0 Å². The average Bonchev–Trinajstić information content (AvgIpc) is 3.04. The van der Waals surface area contributed by atoms with Crippen LogP contribution in [-0.4, -0.2) is 22.3 Å². The van der Waals surface area contributed by atoms with E-state index in [9.17, 15) is 5.11 Å². The van der Waals surface area contributed by atoms with Crippen molar-refractivity contribution in [1.82, 2.24) is 4.57 Å². The maximum absolute atomic E-state index is 10.9. The molecule has 150 valence electrons. The van der Waals surface area contributed by atoms with Crippen LogP contribution in [-0.2, 0) is 6.54 Å². The minimum absolute atomic E-state index is 0.490. The van der Waals surface area contributed by atoms with Crippen molar-refractivity contribution < 1.29 is 5.11 Å². The summed E-state index contributed by atoms with van der Waals surface area (Å²) in [6.45, 7) is 1.03. The molecular formula is C25H20I2N2O. The van der Waals surface area contributed by atoms with E-state index >= 15 is 0 Å². The Kier molecular flexibility index (Phi) is 5.59. The molecule has 3 nitrogen and oxygen atoms in total. The zero-order chi connectivity index (χ0) is 20.7. The zero-order valence-electron chi connectivity index (χ0n) is 16.1. The molecule has 1 heterocycles. The minimum atomic E-state index is -0.513. The second-order valence-corrected chi connectivity index (χ2v) is 9.99. The van der Waals surface area contributed by atoms with Gasteiger partial charge in [0.2, 0.25) is 0 Å². The summed E-state index contributed by atoms with van der Waals surface area (Å²) < 4.78 is 4.68. The lowest BCUT2D eigenvalue weighted by molar-refractivity contribution is 0.169. The Hall–Kier alpha value is -1.84. The highest BCUT2D eigenvalue weighted by molar-refractivity contribution is 14.1. The lowest BCUT2D eigenvalue weighted by Crippen LogP contribution is -2.24. The van der Waals surface area contributed by atoms with Gasteiger partial charge in [0.15, 0.2) is 0 Å². The first-order chi connectivity index (χ1) is 14.6. The van der Waals surface area contributed by atoms with Crippen LogP contribution in [0.4, 0.5) is 5.69 Å². The Labute approximate surface area is 202 Å². The second kappa shape index (κ2) is 8.36. The minimum Gasteiger partial charge on any atom is -0.389 e. The Morgan fingerprint density at radius 1 is 0.767 bits per heavy atom. The maximum atomic E-state index is 10.9. The molecular weight excluding hydrogens is 598 g/mol. The first-order valence-corrected chi connectivity index (χ1v) is 12.0. The molecule has 4 aromatic carbocycles. The standard InChI is InChI=1S/C25H20I2N2O/c26-17-8-10-24-21(12-17)22-13-18(27)9-11-25(22)29(24)15-19(30)14-28-23-7-3-5-16-4-1-2-6-20(16)23/h1-13,19,28,30H,14-15H2/t19-/m1/s1. The normalized spacial score (nSPS) is 12.6. The number of nitrogens with one attached hydrogen (secondary N) is 1. The molecule has 0 saturated heterocycles. The number of nitrogens with zero attached hydrogens (tertiary/aromatic N) is 1. The molecule has 5 rings (SSSR count). The molecule has 0 aliphatic carbocycles. The van der Waals surface area contributed by atoms with E-state index in [2.05, 4.69) is 116 Å². The lowest BCUT2D eigenvalue weighted by Gasteiger charge is -2.16. The van der Waals surface area contributed by atoms with Crippen molar-refractivity contribution in [2.45, 2.75) is 12.6 Å². The number of anilines is 1. The molecule has 1 aromatic heterocycles. The van der Waals surface area contributed by atoms with E-state index in [-0.39, 0.29) is 0 Å². The van der Waals surface area contributed by atoms with Gasteiger partial charge in [-0.1, -0.05) is 36.4 Å². The third kappa shape index (κ3) is 3.78. The van der Waals surface area contributed by atoms with E-state index in [4.69, 9.17) is 0 Å². The number of benzene rings is 4. The molecule has 0 radical (unpaired) electrons. The Balaban J connectivity index is 1.45. The molecule has 30 heavy (non-hydrogen) atoms. The van der Waals surface area contributed by atoms with Gasteiger partial charge in [0.25, 0.3) is 0 Å². The Morgan fingerprint density at radius 2 is 1.40 bits per heavy atom. The van der Waals surface area contributed by atoms with Gasteiger partial charge >= 0.3 is 0 Å². The van der Waals surface area contributed by atoms with E-state index in [1.165, 1.54) is 28.7 Å². The predicted molar refractivity (Wildman–Crippen MR) is 143 cm³/mol. The van der Waals surface area contributed by atoms with Gasteiger partial charge in [-0.15, -0.1) is 0 Å². The summed E-state index contributed by atoms with van der Waals surface area (Å²) in [5, 5.41) is 19.2. The molecule has 0 bridgehead atoms. The summed E-state index contributed by atoms with van der Waals surface area (Å²) in [5.41, 5.74) is 3.38. The summed E-state index contributed by atoms with van der Waals surface area (Å²) in [6.07, 6.45) is -0.513. The van der Waals surface area contributed by atoms with Gasteiger partial charge in [0.05, 0.1) is 12.6 Å². The third-order valence-corrected chi connectivity index (χ3v) is 6.84. The highest BCUT2D eigenvalue weighted by Gasteiger charge is 2.15. The van der Waals surface area contributed by atoms with Crippen LogP contribution in [0.25, 0.3) is 32.6 Å². The molecule has 0 fully saturated rings. The zero-order valence-corrected chi connectivity index (χ0v) is 20.5. The fourth-order valence-corrected chi connectivity index (χ4v) is 5.11. The van der Waals surface area contributed by atoms with Crippen LogP contribution in [0.2, 0.25) is 0 Å². The SMILES string of the molecule is O[C@H](CNc1cccc2ccccc12)Cn1c2ccc(I)cc2c2cc(I)ccc21. The molecule has 0 amide bonds. The van der Waals surface area contributed by atoms with E-state index in [0.29, 0.717) is 13.1 Å². The lowest BCUT2D eigenvalue weighted by atomic mass is 10.1. The van der Waals surface area contributed by atoms with Crippen molar-refractivity contribution in [3.05, 3.63) is 86.0 Å². The number of hydrogen-bond donors (Lipinski definition) is 2. The summed E-state index contributed by atoms with van der Waals surface area (Å²) in [7, 11) is 0. The second-order valence-electron chi connectivity index (χ2n) is 7.49. The molecule has 5 heteroatoms. The molecule has 0 spiro atoms. The molecule has 0 aliphatic rings. The van der Waals surface area contributed by atoms with Crippen molar-refractivity contribution >= 4 is 83.4 Å². The number of rotatable bonds is 5. The van der Waals surface area contributed by atoms with Crippen LogP contribution in [0.1, 0.15) is 0 Å². The van der Waals surface area contributed by atoms with Crippen molar-refractivity contribution in [2.24, 2.45) is 0 Å². The first kappa shape index (κ1) is 20.1. The van der Waals surface area contributed by atoms with E-state index in [1.54, 1.807) is 0 Å². The molecule has 1 atom stereocenters. The molecule has 0 unspecified atom stereocenters. The van der Waals surface area contributed by atoms with E-state index in [1.807, 2.05) is 18.2 Å². The van der Waals surface area contributed by atoms with Crippen LogP contribution < -0.4 is 5.32 Å². The topological polar surface area (TPSA) is 37.2 Å². The maximum Gasteiger partial charge on any atom is 0.0891 e. The summed E-state index contributed by atoms with van der Waals surface area (Å²) in [4.78, 5) is 0. The number of aliphatic hydroxyl groups is 1. The first-order valence-electron chi connectivity index (χ1n) is 9.87. The quantitative estimate of drug-likeness (QED) is 0.217. The summed E-state index contributed by atoms with van der Waals surface area (Å²) >= 11 is 4.72.